The molecule has 0 spiro atoms. The molecule has 0 radical (unpaired) electrons. The van der Waals surface area contributed by atoms with E-state index in [0.717, 1.165) is 6.42 Å². The van der Waals surface area contributed by atoms with E-state index in [4.69, 9.17) is 14.2 Å². The summed E-state index contributed by atoms with van der Waals surface area (Å²) in [6.45, 7) is 7.64. The molecule has 9 atom stereocenters. The van der Waals surface area contributed by atoms with E-state index in [0.29, 0.717) is 19.3 Å². The van der Waals surface area contributed by atoms with Crippen LogP contribution in [0, 0.1) is 5.41 Å². The lowest BCUT2D eigenvalue weighted by Crippen LogP contribution is -2.59. The summed E-state index contributed by atoms with van der Waals surface area (Å²) in [6, 6.07) is 0. The standard InChI is InChI=1S/C19H34O8/c1-10(25-16-15(24)14(23)13(22)12(9-20)26-16)5-6-19-17(2,3)7-11(21)8-18(19,4)27-19/h10-16,20-24H,5-9H2,1-4H3/t10-,11+,12+,13+,14-,15+,16+,18-,19+/m1/s1. The predicted octanol–water partition coefficient (Wildman–Crippen LogP) is -0.320. The summed E-state index contributed by atoms with van der Waals surface area (Å²) in [5.41, 5.74) is -0.814. The number of aliphatic hydroxyl groups is 5. The molecule has 1 aliphatic carbocycles. The number of aliphatic hydroxyl groups excluding tert-OH is 5. The number of ether oxygens (including phenoxy) is 3. The Labute approximate surface area is 160 Å². The quantitative estimate of drug-likeness (QED) is 0.390. The summed E-state index contributed by atoms with van der Waals surface area (Å²) in [6.07, 6.45) is -4.30. The van der Waals surface area contributed by atoms with Crippen LogP contribution in [0.1, 0.15) is 53.4 Å². The third-order valence-electron chi connectivity index (χ3n) is 6.79. The van der Waals surface area contributed by atoms with Crippen LogP contribution in [0.5, 0.6) is 0 Å². The Morgan fingerprint density at radius 2 is 1.70 bits per heavy atom. The van der Waals surface area contributed by atoms with Crippen LogP contribution in [-0.2, 0) is 14.2 Å². The third kappa shape index (κ3) is 3.55. The van der Waals surface area contributed by atoms with E-state index >= 15 is 0 Å². The Morgan fingerprint density at radius 3 is 2.30 bits per heavy atom. The van der Waals surface area contributed by atoms with E-state index in [1.165, 1.54) is 0 Å². The molecule has 158 valence electrons. The van der Waals surface area contributed by atoms with Gasteiger partial charge in [-0.05, 0) is 38.5 Å². The first-order chi connectivity index (χ1) is 12.5. The minimum atomic E-state index is -1.44. The molecule has 3 rings (SSSR count). The molecule has 0 aromatic carbocycles. The van der Waals surface area contributed by atoms with Crippen molar-refractivity contribution in [3.63, 3.8) is 0 Å². The summed E-state index contributed by atoms with van der Waals surface area (Å²) < 4.78 is 17.3. The van der Waals surface area contributed by atoms with E-state index in [-0.39, 0.29) is 28.8 Å². The number of rotatable bonds is 6. The molecule has 0 amide bonds. The number of fused-ring (bicyclic) bond motifs is 1. The maximum atomic E-state index is 10.1. The van der Waals surface area contributed by atoms with E-state index < -0.39 is 37.3 Å². The van der Waals surface area contributed by atoms with Crippen LogP contribution in [0.15, 0.2) is 0 Å². The molecule has 3 aliphatic rings. The Balaban J connectivity index is 1.58. The van der Waals surface area contributed by atoms with Crippen LogP contribution in [0.3, 0.4) is 0 Å². The highest BCUT2D eigenvalue weighted by Crippen LogP contribution is 2.67. The smallest absolute Gasteiger partial charge is 0.186 e. The summed E-state index contributed by atoms with van der Waals surface area (Å²) in [5.74, 6) is 0. The topological polar surface area (TPSA) is 132 Å². The lowest BCUT2D eigenvalue weighted by atomic mass is 9.61. The fraction of sp³-hybridized carbons (Fsp3) is 1.00. The Hall–Kier alpha value is -0.320. The molecule has 8 heteroatoms. The Bertz CT molecular complexity index is 540. The second-order valence-electron chi connectivity index (χ2n) is 9.29. The van der Waals surface area contributed by atoms with Crippen LogP contribution in [0.2, 0.25) is 0 Å². The highest BCUT2D eigenvalue weighted by Gasteiger charge is 2.75. The van der Waals surface area contributed by atoms with Crippen molar-refractivity contribution in [1.29, 1.82) is 0 Å². The maximum absolute atomic E-state index is 10.1. The molecule has 3 fully saturated rings. The van der Waals surface area contributed by atoms with Crippen molar-refractivity contribution >= 4 is 0 Å². The molecule has 0 unspecified atom stereocenters. The summed E-state index contributed by atoms with van der Waals surface area (Å²) >= 11 is 0. The molecular weight excluding hydrogens is 356 g/mol. The van der Waals surface area contributed by atoms with E-state index in [1.807, 2.05) is 13.8 Å². The van der Waals surface area contributed by atoms with Gasteiger partial charge < -0.3 is 39.7 Å². The summed E-state index contributed by atoms with van der Waals surface area (Å²) in [5, 5.41) is 49.2. The van der Waals surface area contributed by atoms with Gasteiger partial charge in [-0.3, -0.25) is 0 Å². The first-order valence-corrected chi connectivity index (χ1v) is 9.80. The van der Waals surface area contributed by atoms with Gasteiger partial charge in [-0.15, -0.1) is 0 Å². The lowest BCUT2D eigenvalue weighted by Gasteiger charge is -2.42. The number of hydrogen-bond donors (Lipinski definition) is 5. The van der Waals surface area contributed by atoms with Gasteiger partial charge in [0.25, 0.3) is 0 Å². The van der Waals surface area contributed by atoms with Crippen molar-refractivity contribution in [3.8, 4) is 0 Å². The van der Waals surface area contributed by atoms with Crippen LogP contribution < -0.4 is 0 Å². The summed E-state index contributed by atoms with van der Waals surface area (Å²) in [4.78, 5) is 0. The van der Waals surface area contributed by atoms with Crippen molar-refractivity contribution in [2.45, 2.75) is 107 Å². The zero-order valence-electron chi connectivity index (χ0n) is 16.5. The van der Waals surface area contributed by atoms with Gasteiger partial charge in [-0.25, -0.2) is 0 Å². The van der Waals surface area contributed by atoms with Crippen LogP contribution in [-0.4, -0.2) is 86.3 Å². The van der Waals surface area contributed by atoms with Gasteiger partial charge >= 0.3 is 0 Å². The first-order valence-electron chi connectivity index (χ1n) is 9.80. The highest BCUT2D eigenvalue weighted by molar-refractivity contribution is 5.23. The van der Waals surface area contributed by atoms with E-state index in [1.54, 1.807) is 0 Å². The molecule has 8 nitrogen and oxygen atoms in total. The minimum Gasteiger partial charge on any atom is -0.394 e. The zero-order chi connectivity index (χ0) is 20.2. The van der Waals surface area contributed by atoms with Crippen molar-refractivity contribution in [3.05, 3.63) is 0 Å². The van der Waals surface area contributed by atoms with Gasteiger partial charge in [0.05, 0.1) is 24.4 Å². The Morgan fingerprint density at radius 1 is 1.04 bits per heavy atom. The second-order valence-corrected chi connectivity index (χ2v) is 9.29. The molecule has 0 bridgehead atoms. The zero-order valence-corrected chi connectivity index (χ0v) is 16.5. The van der Waals surface area contributed by atoms with E-state index in [2.05, 4.69) is 13.8 Å². The van der Waals surface area contributed by atoms with Crippen LogP contribution >= 0.6 is 0 Å². The average molecular weight is 390 g/mol. The molecule has 2 heterocycles. The molecule has 27 heavy (non-hydrogen) atoms. The van der Waals surface area contributed by atoms with Crippen molar-refractivity contribution < 1.29 is 39.7 Å². The first kappa shape index (κ1) is 21.4. The molecule has 1 saturated carbocycles. The normalized spacial score (nSPS) is 50.1. The molecule has 2 saturated heterocycles. The largest absolute Gasteiger partial charge is 0.394 e. The minimum absolute atomic E-state index is 0.164. The summed E-state index contributed by atoms with van der Waals surface area (Å²) in [7, 11) is 0. The maximum Gasteiger partial charge on any atom is 0.186 e. The van der Waals surface area contributed by atoms with Gasteiger partial charge in [0.1, 0.15) is 30.0 Å². The van der Waals surface area contributed by atoms with Crippen molar-refractivity contribution in [2.75, 3.05) is 6.61 Å². The Kier molecular flexibility index (Phi) is 5.69. The van der Waals surface area contributed by atoms with Gasteiger partial charge in [0, 0.05) is 6.42 Å². The van der Waals surface area contributed by atoms with Gasteiger partial charge in [0.15, 0.2) is 6.29 Å². The predicted molar refractivity (Wildman–Crippen MR) is 94.8 cm³/mol. The van der Waals surface area contributed by atoms with Crippen LogP contribution in [0.4, 0.5) is 0 Å². The fourth-order valence-corrected chi connectivity index (χ4v) is 5.23. The third-order valence-corrected chi connectivity index (χ3v) is 6.79. The molecule has 0 aromatic rings. The molecular formula is C19H34O8. The second kappa shape index (κ2) is 7.18. The van der Waals surface area contributed by atoms with Crippen molar-refractivity contribution in [1.82, 2.24) is 0 Å². The molecule has 5 N–H and O–H groups in total. The van der Waals surface area contributed by atoms with Crippen molar-refractivity contribution in [2.24, 2.45) is 5.41 Å². The lowest BCUT2D eigenvalue weighted by molar-refractivity contribution is -0.310. The highest BCUT2D eigenvalue weighted by atomic mass is 16.7. The fourth-order valence-electron chi connectivity index (χ4n) is 5.23. The monoisotopic (exact) mass is 390 g/mol. The SMILES string of the molecule is C[C@H](CC[C@@]12O[C@]1(C)C[C@@H](O)CC2(C)C)O[C@H]1O[C@@H](CO)[C@H](O)[C@@H](O)[C@@H]1O. The van der Waals surface area contributed by atoms with Crippen LogP contribution in [0.25, 0.3) is 0 Å². The van der Waals surface area contributed by atoms with Gasteiger partial charge in [-0.2, -0.15) is 0 Å². The molecule has 2 aliphatic heterocycles. The van der Waals surface area contributed by atoms with E-state index in [9.17, 15) is 25.5 Å². The molecule has 0 aromatic heterocycles. The number of hydrogen-bond acceptors (Lipinski definition) is 8. The van der Waals surface area contributed by atoms with Gasteiger partial charge in [-0.1, -0.05) is 13.8 Å². The number of epoxide rings is 1. The van der Waals surface area contributed by atoms with Gasteiger partial charge in [0.2, 0.25) is 0 Å². The average Bonchev–Trinajstić information content (AvgIpc) is 3.19.